The lowest BCUT2D eigenvalue weighted by Gasteiger charge is -2.31. The summed E-state index contributed by atoms with van der Waals surface area (Å²) in [5.74, 6) is 0.0190. The highest BCUT2D eigenvalue weighted by atomic mass is 35.5. The number of carbonyl (C=O) groups excluding carboxylic acids is 2. The lowest BCUT2D eigenvalue weighted by Crippen LogP contribution is -2.52. The molecule has 0 saturated carbocycles. The molecule has 1 heterocycles. The zero-order valence-corrected chi connectivity index (χ0v) is 11.8. The second-order valence-corrected chi connectivity index (χ2v) is 5.09. The average Bonchev–Trinajstić information content (AvgIpc) is 2.43. The molecule has 3 N–H and O–H groups in total. The number of benzene rings is 1. The van der Waals surface area contributed by atoms with Crippen LogP contribution in [0.15, 0.2) is 36.4 Å². The van der Waals surface area contributed by atoms with Crippen LogP contribution < -0.4 is 16.2 Å². The molecule has 0 fully saturated rings. The predicted octanol–water partition coefficient (Wildman–Crippen LogP) is 1.66. The lowest BCUT2D eigenvalue weighted by molar-refractivity contribution is -0.118. The molecule has 0 saturated heterocycles. The van der Waals surface area contributed by atoms with Gasteiger partial charge in [0.25, 0.3) is 5.91 Å². The molecule has 2 rings (SSSR count). The second-order valence-electron chi connectivity index (χ2n) is 4.71. The normalized spacial score (nSPS) is 21.4. The van der Waals surface area contributed by atoms with E-state index in [4.69, 9.17) is 11.6 Å². The molecule has 1 aromatic carbocycles. The van der Waals surface area contributed by atoms with Crippen LogP contribution in [-0.2, 0) is 15.1 Å². The van der Waals surface area contributed by atoms with Crippen LogP contribution in [-0.4, -0.2) is 17.7 Å². The maximum absolute atomic E-state index is 11.4. The minimum atomic E-state index is -0.466. The maximum atomic E-state index is 11.4. The summed E-state index contributed by atoms with van der Waals surface area (Å²) in [6, 6.07) is 7.42. The van der Waals surface area contributed by atoms with E-state index in [1.165, 1.54) is 6.08 Å². The highest BCUT2D eigenvalue weighted by molar-refractivity contribution is 6.19. The molecule has 0 aliphatic carbocycles. The van der Waals surface area contributed by atoms with Crippen LogP contribution in [0, 0.1) is 0 Å². The standard InChI is InChI=1S/C14H16ClN3O2/c1-14(8-6-13(20)17-18-14)10-2-4-11(5-3-10)16-12(19)7-9-15/h2-6,8,18H,7,9H2,1H3,(H,16,19)(H,17,20). The monoisotopic (exact) mass is 293 g/mol. The molecule has 1 unspecified atom stereocenters. The number of hydrogen-bond acceptors (Lipinski definition) is 3. The Morgan fingerprint density at radius 3 is 2.60 bits per heavy atom. The summed E-state index contributed by atoms with van der Waals surface area (Å²) in [5.41, 5.74) is 6.75. The third kappa shape index (κ3) is 3.37. The molecule has 0 bridgehead atoms. The molecular weight excluding hydrogens is 278 g/mol. The molecule has 106 valence electrons. The number of alkyl halides is 1. The Bertz CT molecular complexity index is 542. The molecular formula is C14H16ClN3O2. The summed E-state index contributed by atoms with van der Waals surface area (Å²) in [7, 11) is 0. The van der Waals surface area contributed by atoms with Crippen LogP contribution in [0.25, 0.3) is 0 Å². The van der Waals surface area contributed by atoms with E-state index in [0.29, 0.717) is 5.88 Å². The van der Waals surface area contributed by atoms with Gasteiger partial charge in [-0.3, -0.25) is 15.0 Å². The molecule has 20 heavy (non-hydrogen) atoms. The van der Waals surface area contributed by atoms with Crippen LogP contribution in [0.4, 0.5) is 5.69 Å². The SMILES string of the molecule is CC1(c2ccc(NC(=O)CCCl)cc2)C=CC(=O)NN1. The first-order valence-electron chi connectivity index (χ1n) is 6.26. The molecule has 1 aliphatic rings. The number of hydrazine groups is 1. The van der Waals surface area contributed by atoms with Gasteiger partial charge in [0.2, 0.25) is 5.91 Å². The number of rotatable bonds is 4. The molecule has 2 amide bonds. The van der Waals surface area contributed by atoms with Crippen molar-refractivity contribution in [3.05, 3.63) is 42.0 Å². The number of anilines is 1. The Kier molecular flexibility index (Phi) is 4.42. The fourth-order valence-corrected chi connectivity index (χ4v) is 2.07. The lowest BCUT2D eigenvalue weighted by atomic mass is 9.91. The van der Waals surface area contributed by atoms with Crippen molar-refractivity contribution in [1.82, 2.24) is 10.9 Å². The van der Waals surface area contributed by atoms with Crippen LogP contribution in [0.1, 0.15) is 18.9 Å². The zero-order valence-electron chi connectivity index (χ0n) is 11.1. The Hall–Kier alpha value is -1.85. The predicted molar refractivity (Wildman–Crippen MR) is 78.2 cm³/mol. The highest BCUT2D eigenvalue weighted by Gasteiger charge is 2.26. The smallest absolute Gasteiger partial charge is 0.257 e. The van der Waals surface area contributed by atoms with E-state index in [2.05, 4.69) is 16.2 Å². The quantitative estimate of drug-likeness (QED) is 0.740. The summed E-state index contributed by atoms with van der Waals surface area (Å²) >= 11 is 5.51. The average molecular weight is 294 g/mol. The minimum Gasteiger partial charge on any atom is -0.326 e. The number of amides is 2. The third-order valence-corrected chi connectivity index (χ3v) is 3.29. The van der Waals surface area contributed by atoms with Gasteiger partial charge in [-0.1, -0.05) is 18.2 Å². The van der Waals surface area contributed by atoms with E-state index < -0.39 is 5.54 Å². The Labute approximate surface area is 122 Å². The van der Waals surface area contributed by atoms with Gasteiger partial charge in [-0.25, -0.2) is 5.43 Å². The van der Waals surface area contributed by atoms with Gasteiger partial charge in [-0.2, -0.15) is 0 Å². The van der Waals surface area contributed by atoms with Gasteiger partial charge in [0.1, 0.15) is 0 Å². The van der Waals surface area contributed by atoms with Gasteiger partial charge in [-0.05, 0) is 24.6 Å². The van der Waals surface area contributed by atoms with Crippen molar-refractivity contribution < 1.29 is 9.59 Å². The molecule has 5 nitrogen and oxygen atoms in total. The zero-order chi connectivity index (χ0) is 14.6. The first kappa shape index (κ1) is 14.6. The van der Waals surface area contributed by atoms with Crippen molar-refractivity contribution in [3.8, 4) is 0 Å². The van der Waals surface area contributed by atoms with Crippen LogP contribution in [0.2, 0.25) is 0 Å². The number of nitrogens with one attached hydrogen (secondary N) is 3. The number of halogens is 1. The van der Waals surface area contributed by atoms with E-state index in [1.54, 1.807) is 6.08 Å². The van der Waals surface area contributed by atoms with Gasteiger partial charge in [0.05, 0.1) is 5.54 Å². The van der Waals surface area contributed by atoms with Crippen molar-refractivity contribution in [2.45, 2.75) is 18.9 Å². The van der Waals surface area contributed by atoms with E-state index in [1.807, 2.05) is 31.2 Å². The number of hydrogen-bond donors (Lipinski definition) is 3. The van der Waals surface area contributed by atoms with Crippen molar-refractivity contribution in [2.75, 3.05) is 11.2 Å². The van der Waals surface area contributed by atoms with Gasteiger partial charge < -0.3 is 5.32 Å². The fraction of sp³-hybridized carbons (Fsp3) is 0.286. The molecule has 0 spiro atoms. The van der Waals surface area contributed by atoms with Crippen LogP contribution >= 0.6 is 11.6 Å². The fourth-order valence-electron chi connectivity index (χ4n) is 1.89. The van der Waals surface area contributed by atoms with Crippen LogP contribution in [0.3, 0.4) is 0 Å². The van der Waals surface area contributed by atoms with Gasteiger partial charge in [0.15, 0.2) is 0 Å². The van der Waals surface area contributed by atoms with E-state index >= 15 is 0 Å². The minimum absolute atomic E-state index is 0.109. The van der Waals surface area contributed by atoms with Gasteiger partial charge in [-0.15, -0.1) is 11.6 Å². The topological polar surface area (TPSA) is 70.2 Å². The Morgan fingerprint density at radius 2 is 2.05 bits per heavy atom. The van der Waals surface area contributed by atoms with Gasteiger partial charge >= 0.3 is 0 Å². The summed E-state index contributed by atoms with van der Waals surface area (Å²) < 4.78 is 0. The van der Waals surface area contributed by atoms with Crippen molar-refractivity contribution in [3.63, 3.8) is 0 Å². The molecule has 1 aliphatic heterocycles. The first-order chi connectivity index (χ1) is 9.53. The third-order valence-electron chi connectivity index (χ3n) is 3.10. The van der Waals surface area contributed by atoms with Crippen molar-refractivity contribution in [2.24, 2.45) is 0 Å². The molecule has 1 aromatic rings. The van der Waals surface area contributed by atoms with E-state index in [-0.39, 0.29) is 18.2 Å². The molecule has 1 atom stereocenters. The molecule has 0 radical (unpaired) electrons. The van der Waals surface area contributed by atoms with Gasteiger partial charge in [0, 0.05) is 24.1 Å². The van der Waals surface area contributed by atoms with Crippen molar-refractivity contribution in [1.29, 1.82) is 0 Å². The Morgan fingerprint density at radius 1 is 1.35 bits per heavy atom. The maximum Gasteiger partial charge on any atom is 0.257 e. The van der Waals surface area contributed by atoms with Crippen LogP contribution in [0.5, 0.6) is 0 Å². The molecule has 0 aromatic heterocycles. The summed E-state index contributed by atoms with van der Waals surface area (Å²) in [6.45, 7) is 1.95. The number of carbonyl (C=O) groups is 2. The Balaban J connectivity index is 2.10. The first-order valence-corrected chi connectivity index (χ1v) is 6.80. The summed E-state index contributed by atoms with van der Waals surface area (Å²) in [4.78, 5) is 22.5. The summed E-state index contributed by atoms with van der Waals surface area (Å²) in [5, 5.41) is 2.76. The molecule has 6 heteroatoms. The van der Waals surface area contributed by atoms with E-state index in [0.717, 1.165) is 11.3 Å². The van der Waals surface area contributed by atoms with E-state index in [9.17, 15) is 9.59 Å². The largest absolute Gasteiger partial charge is 0.326 e. The highest BCUT2D eigenvalue weighted by Crippen LogP contribution is 2.24. The van der Waals surface area contributed by atoms with Crippen molar-refractivity contribution >= 4 is 29.1 Å². The summed E-state index contributed by atoms with van der Waals surface area (Å²) in [6.07, 6.45) is 3.58. The second kappa shape index (κ2) is 6.07.